The highest BCUT2D eigenvalue weighted by atomic mass is 16.5. The molecule has 4 aliphatic heterocycles. The number of nitrogens with one attached hydrogen (secondary N) is 1. The van der Waals surface area contributed by atoms with Gasteiger partial charge < -0.3 is 19.4 Å². The van der Waals surface area contributed by atoms with Crippen molar-refractivity contribution in [1.82, 2.24) is 4.90 Å². The van der Waals surface area contributed by atoms with Gasteiger partial charge in [0.25, 0.3) is 0 Å². The zero-order valence-electron chi connectivity index (χ0n) is 16.9. The van der Waals surface area contributed by atoms with Gasteiger partial charge in [0.1, 0.15) is 17.1 Å². The van der Waals surface area contributed by atoms with E-state index in [1.54, 1.807) is 23.3 Å². The summed E-state index contributed by atoms with van der Waals surface area (Å²) in [6.45, 7) is 1.85. The summed E-state index contributed by atoms with van der Waals surface area (Å²) < 4.78 is 11.9. The minimum atomic E-state index is -0.971. The Balaban J connectivity index is 1.40. The smallest absolute Gasteiger partial charge is 0.231 e. The largest absolute Gasteiger partial charge is 0.467 e. The van der Waals surface area contributed by atoms with E-state index in [0.29, 0.717) is 11.4 Å². The number of piperidine rings is 1. The number of fused-ring (bicyclic) bond motifs is 2. The van der Waals surface area contributed by atoms with E-state index >= 15 is 0 Å². The quantitative estimate of drug-likeness (QED) is 0.775. The average Bonchev–Trinajstić information content (AvgIpc) is 3.54. The van der Waals surface area contributed by atoms with Crippen LogP contribution in [0.25, 0.3) is 0 Å². The highest BCUT2D eigenvalue weighted by Gasteiger charge is 2.74. The maximum absolute atomic E-state index is 13.8. The zero-order valence-corrected chi connectivity index (χ0v) is 16.9. The Hall–Kier alpha value is -3.19. The average molecular weight is 418 g/mol. The first-order valence-corrected chi connectivity index (χ1v) is 10.6. The van der Waals surface area contributed by atoms with Gasteiger partial charge in [-0.05, 0) is 24.3 Å². The summed E-state index contributed by atoms with van der Waals surface area (Å²) in [7, 11) is 0. The van der Waals surface area contributed by atoms with Crippen molar-refractivity contribution >= 4 is 23.3 Å². The van der Waals surface area contributed by atoms with E-state index in [1.807, 2.05) is 49.4 Å². The number of benzene rings is 1. The molecule has 0 radical (unpaired) electrons. The minimum Gasteiger partial charge on any atom is -0.467 e. The molecule has 0 aliphatic carbocycles. The van der Waals surface area contributed by atoms with Crippen LogP contribution in [0, 0.1) is 17.8 Å². The Morgan fingerprint density at radius 3 is 2.71 bits per heavy atom. The van der Waals surface area contributed by atoms with Gasteiger partial charge in [-0.1, -0.05) is 37.3 Å². The van der Waals surface area contributed by atoms with Crippen LogP contribution in [-0.4, -0.2) is 40.2 Å². The molecule has 6 rings (SSSR count). The number of ether oxygens (including phenoxy) is 1. The molecular formula is C24H22N2O5. The SMILES string of the molecule is C[C@@H]1C(=O)C[C@H](c2ccco2)N2C(=O)[C@H]3[C@H](C(=O)Nc4ccccc4)[C@H]4C=C[C@@]3(O4)[C@H]12. The van der Waals surface area contributed by atoms with Gasteiger partial charge in [0.05, 0.1) is 36.3 Å². The molecule has 2 aromatic rings. The van der Waals surface area contributed by atoms with Crippen molar-refractivity contribution in [3.63, 3.8) is 0 Å². The van der Waals surface area contributed by atoms with Gasteiger partial charge >= 0.3 is 0 Å². The highest BCUT2D eigenvalue weighted by molar-refractivity contribution is 6.00. The summed E-state index contributed by atoms with van der Waals surface area (Å²) in [6.07, 6.45) is 5.05. The van der Waals surface area contributed by atoms with Crippen LogP contribution < -0.4 is 5.32 Å². The van der Waals surface area contributed by atoms with E-state index in [2.05, 4.69) is 5.32 Å². The Morgan fingerprint density at radius 1 is 1.16 bits per heavy atom. The fraction of sp³-hybridized carbons (Fsp3) is 0.375. The first-order chi connectivity index (χ1) is 15.0. The van der Waals surface area contributed by atoms with E-state index < -0.39 is 35.6 Å². The number of furan rings is 1. The first-order valence-electron chi connectivity index (χ1n) is 10.6. The third-order valence-corrected chi connectivity index (χ3v) is 7.30. The lowest BCUT2D eigenvalue weighted by atomic mass is 9.70. The molecule has 1 N–H and O–H groups in total. The number of amides is 2. The van der Waals surface area contributed by atoms with E-state index in [-0.39, 0.29) is 29.9 Å². The molecule has 3 fully saturated rings. The van der Waals surface area contributed by atoms with E-state index in [0.717, 1.165) is 0 Å². The van der Waals surface area contributed by atoms with Crippen molar-refractivity contribution in [2.24, 2.45) is 17.8 Å². The second kappa shape index (κ2) is 6.40. The van der Waals surface area contributed by atoms with Crippen LogP contribution in [0.15, 0.2) is 65.3 Å². The van der Waals surface area contributed by atoms with Gasteiger partial charge in [-0.3, -0.25) is 14.4 Å². The lowest BCUT2D eigenvalue weighted by Crippen LogP contribution is -2.55. The summed E-state index contributed by atoms with van der Waals surface area (Å²) >= 11 is 0. The van der Waals surface area contributed by atoms with Crippen LogP contribution in [0.4, 0.5) is 5.69 Å². The number of carbonyl (C=O) groups is 3. The summed E-state index contributed by atoms with van der Waals surface area (Å²) in [5.41, 5.74) is -0.297. The van der Waals surface area contributed by atoms with Crippen molar-refractivity contribution in [3.8, 4) is 0 Å². The number of nitrogens with zero attached hydrogens (tertiary/aromatic N) is 1. The van der Waals surface area contributed by atoms with Crippen molar-refractivity contribution in [2.75, 3.05) is 5.32 Å². The predicted molar refractivity (Wildman–Crippen MR) is 110 cm³/mol. The van der Waals surface area contributed by atoms with Crippen molar-refractivity contribution in [3.05, 3.63) is 66.6 Å². The van der Waals surface area contributed by atoms with Gasteiger partial charge in [-0.2, -0.15) is 0 Å². The molecule has 31 heavy (non-hydrogen) atoms. The molecule has 3 saturated heterocycles. The third-order valence-electron chi connectivity index (χ3n) is 7.30. The maximum atomic E-state index is 13.8. The van der Waals surface area contributed by atoms with Crippen molar-refractivity contribution in [2.45, 2.75) is 37.1 Å². The van der Waals surface area contributed by atoms with Gasteiger partial charge in [0.2, 0.25) is 11.8 Å². The molecule has 2 amide bonds. The zero-order chi connectivity index (χ0) is 21.3. The number of para-hydroxylation sites is 1. The number of anilines is 1. The van der Waals surface area contributed by atoms with Gasteiger partial charge in [-0.25, -0.2) is 0 Å². The number of ketones is 1. The van der Waals surface area contributed by atoms with Crippen LogP contribution in [0.1, 0.15) is 25.1 Å². The molecule has 7 heteroatoms. The van der Waals surface area contributed by atoms with Crippen LogP contribution in [0.5, 0.6) is 0 Å². The molecule has 1 aromatic heterocycles. The molecule has 158 valence electrons. The van der Waals surface area contributed by atoms with Crippen LogP contribution in [0.2, 0.25) is 0 Å². The molecule has 0 saturated carbocycles. The summed E-state index contributed by atoms with van der Waals surface area (Å²) in [5, 5.41) is 2.93. The fourth-order valence-corrected chi connectivity index (χ4v) is 6.01. The minimum absolute atomic E-state index is 0.0723. The van der Waals surface area contributed by atoms with Crippen molar-refractivity contribution in [1.29, 1.82) is 0 Å². The number of rotatable bonds is 3. The highest BCUT2D eigenvalue weighted by Crippen LogP contribution is 2.59. The van der Waals surface area contributed by atoms with E-state index in [4.69, 9.17) is 9.15 Å². The van der Waals surface area contributed by atoms with Crippen LogP contribution in [-0.2, 0) is 19.1 Å². The number of hydrogen-bond acceptors (Lipinski definition) is 5. The van der Waals surface area contributed by atoms with E-state index in [1.165, 1.54) is 0 Å². The summed E-state index contributed by atoms with van der Waals surface area (Å²) in [4.78, 5) is 41.8. The van der Waals surface area contributed by atoms with Gasteiger partial charge in [-0.15, -0.1) is 0 Å². The Bertz CT molecular complexity index is 1090. The molecule has 1 spiro atoms. The van der Waals surface area contributed by atoms with Crippen LogP contribution in [0.3, 0.4) is 0 Å². The monoisotopic (exact) mass is 418 g/mol. The Kier molecular flexibility index (Phi) is 3.84. The van der Waals surface area contributed by atoms with Crippen molar-refractivity contribution < 1.29 is 23.5 Å². The molecule has 7 nitrogen and oxygen atoms in total. The number of carbonyl (C=O) groups excluding carboxylic acids is 3. The predicted octanol–water partition coefficient (Wildman–Crippen LogP) is 2.72. The molecule has 4 aliphatic rings. The summed E-state index contributed by atoms with van der Waals surface area (Å²) in [6, 6.07) is 11.8. The number of Topliss-reactive ketones (excluding diaryl/α,β-unsaturated/α-hetero) is 1. The molecule has 0 unspecified atom stereocenters. The molecule has 7 atom stereocenters. The van der Waals surface area contributed by atoms with Crippen LogP contribution >= 0.6 is 0 Å². The first kappa shape index (κ1) is 18.6. The Labute approximate surface area is 179 Å². The number of hydrogen-bond donors (Lipinski definition) is 1. The molecular weight excluding hydrogens is 396 g/mol. The maximum Gasteiger partial charge on any atom is 0.231 e. The van der Waals surface area contributed by atoms with Gasteiger partial charge in [0, 0.05) is 18.0 Å². The topological polar surface area (TPSA) is 88.9 Å². The molecule has 1 aromatic carbocycles. The Morgan fingerprint density at radius 2 is 1.97 bits per heavy atom. The second-order valence-corrected chi connectivity index (χ2v) is 8.83. The molecule has 5 heterocycles. The lowest BCUT2D eigenvalue weighted by Gasteiger charge is -2.43. The standard InChI is InChI=1S/C24H22N2O5/c1-13-16(27)12-15(17-8-5-11-30-17)26-21(13)24-10-9-18(31-24)19(20(24)23(26)29)22(28)25-14-6-3-2-4-7-14/h2-11,13,15,18-21H,12H2,1H3,(H,25,28)/t13-,15-,18-,19-,20-,21+,24+/m1/s1. The normalized spacial score (nSPS) is 37.8. The second-order valence-electron chi connectivity index (χ2n) is 8.83. The lowest BCUT2D eigenvalue weighted by molar-refractivity contribution is -0.147. The fourth-order valence-electron chi connectivity index (χ4n) is 6.01. The van der Waals surface area contributed by atoms with Gasteiger partial charge in [0.15, 0.2) is 0 Å². The third kappa shape index (κ3) is 2.41. The van der Waals surface area contributed by atoms with E-state index in [9.17, 15) is 14.4 Å². The summed E-state index contributed by atoms with van der Waals surface area (Å²) in [5.74, 6) is -1.44. The molecule has 2 bridgehead atoms.